The monoisotopic (exact) mass is 312 g/mol. The van der Waals surface area contributed by atoms with Crippen molar-refractivity contribution < 1.29 is 9.53 Å². The topological polar surface area (TPSA) is 67.4 Å². The Morgan fingerprint density at radius 3 is 2.76 bits per heavy atom. The van der Waals surface area contributed by atoms with E-state index < -0.39 is 0 Å². The number of carbonyl (C=O) groups is 1. The molecule has 0 unspecified atom stereocenters. The minimum absolute atomic E-state index is 0.0378. The lowest BCUT2D eigenvalue weighted by Crippen LogP contribution is -2.56. The zero-order valence-electron chi connectivity index (χ0n) is 13.0. The highest BCUT2D eigenvalue weighted by Crippen LogP contribution is 2.20. The van der Waals surface area contributed by atoms with E-state index in [0.29, 0.717) is 11.4 Å². The third-order valence-electron chi connectivity index (χ3n) is 4.26. The van der Waals surface area contributed by atoms with Crippen molar-refractivity contribution in [3.63, 3.8) is 0 Å². The molecule has 1 amide bonds. The smallest absolute Gasteiger partial charge is 0.265 e. The first-order valence-electron chi connectivity index (χ1n) is 7.53. The van der Waals surface area contributed by atoms with Crippen LogP contribution in [0, 0.1) is 0 Å². The fraction of sp³-hybridized carbons (Fsp3) is 0.786. The first-order valence-corrected chi connectivity index (χ1v) is 8.30. The summed E-state index contributed by atoms with van der Waals surface area (Å²) in [5.74, 6) is -0.0604. The summed E-state index contributed by atoms with van der Waals surface area (Å²) in [5.41, 5.74) is 0.742. The maximum Gasteiger partial charge on any atom is 0.265 e. The van der Waals surface area contributed by atoms with Gasteiger partial charge in [-0.15, -0.1) is 5.10 Å². The molecule has 0 aromatic carbocycles. The number of ether oxygens (including phenoxy) is 1. The van der Waals surface area contributed by atoms with E-state index in [1.165, 1.54) is 11.5 Å². The van der Waals surface area contributed by atoms with Crippen LogP contribution in [0.1, 0.15) is 42.6 Å². The molecule has 1 N–H and O–H groups in total. The van der Waals surface area contributed by atoms with Gasteiger partial charge in [0.25, 0.3) is 5.91 Å². The van der Waals surface area contributed by atoms with Crippen LogP contribution in [0.25, 0.3) is 0 Å². The van der Waals surface area contributed by atoms with E-state index in [1.54, 1.807) is 0 Å². The first-order chi connectivity index (χ1) is 10.1. The maximum atomic E-state index is 12.3. The number of amides is 1. The van der Waals surface area contributed by atoms with Crippen molar-refractivity contribution in [1.82, 2.24) is 19.8 Å². The molecule has 1 saturated heterocycles. The van der Waals surface area contributed by atoms with Gasteiger partial charge in [0.1, 0.15) is 4.88 Å². The number of aryl methyl sites for hydroxylation is 1. The molecule has 2 heterocycles. The molecule has 0 aliphatic carbocycles. The Bertz CT molecular complexity index is 473. The molecule has 1 aromatic heterocycles. The highest BCUT2D eigenvalue weighted by molar-refractivity contribution is 7.08. The fourth-order valence-electron chi connectivity index (χ4n) is 2.53. The number of hydrogen-bond donors (Lipinski definition) is 1. The summed E-state index contributed by atoms with van der Waals surface area (Å²) in [6, 6.07) is 0. The van der Waals surface area contributed by atoms with Crippen molar-refractivity contribution >= 4 is 17.4 Å². The molecule has 1 aromatic rings. The van der Waals surface area contributed by atoms with Gasteiger partial charge in [0.2, 0.25) is 0 Å². The summed E-state index contributed by atoms with van der Waals surface area (Å²) in [5, 5.41) is 7.05. The molecule has 6 nitrogen and oxygen atoms in total. The van der Waals surface area contributed by atoms with Crippen LogP contribution in [-0.4, -0.2) is 58.8 Å². The Morgan fingerprint density at radius 1 is 1.43 bits per heavy atom. The molecule has 0 radical (unpaired) electrons. The molecular weight excluding hydrogens is 288 g/mol. The van der Waals surface area contributed by atoms with Crippen LogP contribution in [0.5, 0.6) is 0 Å². The fourth-order valence-corrected chi connectivity index (χ4v) is 3.19. The largest absolute Gasteiger partial charge is 0.379 e. The van der Waals surface area contributed by atoms with E-state index >= 15 is 0 Å². The molecular formula is C14H24N4O2S. The van der Waals surface area contributed by atoms with Crippen LogP contribution in [-0.2, 0) is 11.2 Å². The van der Waals surface area contributed by atoms with Gasteiger partial charge in [0.05, 0.1) is 18.9 Å². The van der Waals surface area contributed by atoms with Crippen molar-refractivity contribution in [3.8, 4) is 0 Å². The number of nitrogens with one attached hydrogen (secondary N) is 1. The molecule has 1 aliphatic rings. The molecule has 118 valence electrons. The van der Waals surface area contributed by atoms with Gasteiger partial charge in [0.15, 0.2) is 0 Å². The summed E-state index contributed by atoms with van der Waals surface area (Å²) in [4.78, 5) is 15.3. The van der Waals surface area contributed by atoms with E-state index in [4.69, 9.17) is 4.74 Å². The Hall–Kier alpha value is -1.05. The number of rotatable bonds is 6. The van der Waals surface area contributed by atoms with Crippen molar-refractivity contribution in [2.75, 3.05) is 32.8 Å². The van der Waals surface area contributed by atoms with E-state index in [2.05, 4.69) is 33.7 Å². The van der Waals surface area contributed by atoms with Crippen LogP contribution in [0.3, 0.4) is 0 Å². The van der Waals surface area contributed by atoms with Crippen molar-refractivity contribution in [3.05, 3.63) is 10.6 Å². The minimum atomic E-state index is -0.0604. The number of morpholine rings is 1. The van der Waals surface area contributed by atoms with Gasteiger partial charge >= 0.3 is 0 Å². The van der Waals surface area contributed by atoms with Gasteiger partial charge in [-0.1, -0.05) is 18.3 Å². The second kappa shape index (κ2) is 7.29. The van der Waals surface area contributed by atoms with Crippen molar-refractivity contribution in [2.45, 2.75) is 39.2 Å². The average Bonchev–Trinajstić information content (AvgIpc) is 3.01. The molecule has 21 heavy (non-hydrogen) atoms. The van der Waals surface area contributed by atoms with Crippen LogP contribution in [0.15, 0.2) is 0 Å². The summed E-state index contributed by atoms with van der Waals surface area (Å²) < 4.78 is 9.28. The number of aromatic nitrogens is 2. The van der Waals surface area contributed by atoms with Gasteiger partial charge in [-0.05, 0) is 31.3 Å². The molecule has 2 rings (SSSR count). The van der Waals surface area contributed by atoms with Gasteiger partial charge in [-0.25, -0.2) is 0 Å². The van der Waals surface area contributed by atoms with Gasteiger partial charge in [-0.3, -0.25) is 9.69 Å². The summed E-state index contributed by atoms with van der Waals surface area (Å²) in [7, 11) is 0. The zero-order valence-corrected chi connectivity index (χ0v) is 13.8. The molecule has 0 spiro atoms. The van der Waals surface area contributed by atoms with Crippen LogP contribution >= 0.6 is 11.5 Å². The molecule has 1 aliphatic heterocycles. The van der Waals surface area contributed by atoms with Gasteiger partial charge in [0, 0.05) is 25.2 Å². The quantitative estimate of drug-likeness (QED) is 0.858. The number of nitrogens with zero attached hydrogens (tertiary/aromatic N) is 3. The predicted octanol–water partition coefficient (Wildman–Crippen LogP) is 1.33. The third-order valence-corrected chi connectivity index (χ3v) is 5.03. The van der Waals surface area contributed by atoms with Crippen molar-refractivity contribution in [2.24, 2.45) is 0 Å². The highest BCUT2D eigenvalue weighted by atomic mass is 32.1. The maximum absolute atomic E-state index is 12.3. The lowest BCUT2D eigenvalue weighted by molar-refractivity contribution is -0.0169. The summed E-state index contributed by atoms with van der Waals surface area (Å²) in [6.45, 7) is 10.3. The Morgan fingerprint density at radius 2 is 2.14 bits per heavy atom. The van der Waals surface area contributed by atoms with Crippen LogP contribution in [0.4, 0.5) is 0 Å². The highest BCUT2D eigenvalue weighted by Gasteiger charge is 2.32. The van der Waals surface area contributed by atoms with Crippen LogP contribution < -0.4 is 5.32 Å². The second-order valence-corrected chi connectivity index (χ2v) is 6.29. The average molecular weight is 312 g/mol. The van der Waals surface area contributed by atoms with Crippen molar-refractivity contribution in [1.29, 1.82) is 0 Å². The lowest BCUT2D eigenvalue weighted by atomic mass is 9.95. The van der Waals surface area contributed by atoms with E-state index in [1.807, 2.05) is 6.92 Å². The lowest BCUT2D eigenvalue weighted by Gasteiger charge is -2.43. The molecule has 1 atom stereocenters. The van der Waals surface area contributed by atoms with Gasteiger partial charge < -0.3 is 10.1 Å². The van der Waals surface area contributed by atoms with E-state index in [-0.39, 0.29) is 11.4 Å². The summed E-state index contributed by atoms with van der Waals surface area (Å²) >= 11 is 1.17. The zero-order chi connectivity index (χ0) is 15.3. The Balaban J connectivity index is 1.97. The SMILES string of the molecule is CCc1nnsc1C(=O)NC[C@@](C)(CC)N1CCOCC1. The second-order valence-electron chi connectivity index (χ2n) is 5.53. The first kappa shape index (κ1) is 16.3. The van der Waals surface area contributed by atoms with E-state index in [9.17, 15) is 4.79 Å². The normalized spacial score (nSPS) is 19.2. The third kappa shape index (κ3) is 3.78. The Kier molecular flexibility index (Phi) is 5.66. The molecule has 1 fully saturated rings. The summed E-state index contributed by atoms with van der Waals surface area (Å²) in [6.07, 6.45) is 1.71. The van der Waals surface area contributed by atoms with Crippen LogP contribution in [0.2, 0.25) is 0 Å². The number of hydrogen-bond acceptors (Lipinski definition) is 6. The number of carbonyl (C=O) groups excluding carboxylic acids is 1. The molecule has 0 bridgehead atoms. The van der Waals surface area contributed by atoms with Gasteiger partial charge in [-0.2, -0.15) is 0 Å². The standard InChI is InChI=1S/C14H24N4O2S/c1-4-11-12(21-17-16-11)13(19)15-10-14(3,5-2)18-6-8-20-9-7-18/h4-10H2,1-3H3,(H,15,19)/t14-/m1/s1. The van der Waals surface area contributed by atoms with E-state index in [0.717, 1.165) is 44.8 Å². The molecule has 7 heteroatoms. The Labute approximate surface area is 130 Å². The minimum Gasteiger partial charge on any atom is -0.379 e. The molecule has 0 saturated carbocycles. The predicted molar refractivity (Wildman–Crippen MR) is 82.7 cm³/mol.